The van der Waals surface area contributed by atoms with Crippen LogP contribution in [0.25, 0.3) is 0 Å². The molecule has 7 heteroatoms. The summed E-state index contributed by atoms with van der Waals surface area (Å²) in [6, 6.07) is 9.51. The highest BCUT2D eigenvalue weighted by molar-refractivity contribution is 5.92. The molecule has 2 heterocycles. The van der Waals surface area contributed by atoms with Gasteiger partial charge in [0.2, 0.25) is 0 Å². The molecule has 2 N–H and O–H groups in total. The fraction of sp³-hybridized carbons (Fsp3) is 0.524. The molecule has 0 radical (unpaired) electrons. The third-order valence-corrected chi connectivity index (χ3v) is 5.22. The topological polar surface area (TPSA) is 87.8 Å². The van der Waals surface area contributed by atoms with E-state index in [1.807, 2.05) is 24.3 Å². The highest BCUT2D eigenvalue weighted by Crippen LogP contribution is 2.21. The van der Waals surface area contributed by atoms with Crippen LogP contribution in [0.1, 0.15) is 41.7 Å². The molecule has 3 rings (SSSR count). The molecule has 2 atom stereocenters. The fourth-order valence-electron chi connectivity index (χ4n) is 3.47. The zero-order chi connectivity index (χ0) is 19.9. The van der Waals surface area contributed by atoms with Crippen LogP contribution in [0.15, 0.2) is 36.5 Å². The maximum Gasteiger partial charge on any atom is 0.272 e. The first-order valence-corrected chi connectivity index (χ1v) is 9.90. The van der Waals surface area contributed by atoms with Gasteiger partial charge in [-0.25, -0.2) is 0 Å². The van der Waals surface area contributed by atoms with Crippen LogP contribution in [0, 0.1) is 0 Å². The number of ether oxygens (including phenoxy) is 1. The summed E-state index contributed by atoms with van der Waals surface area (Å²) in [6.45, 7) is 1.01. The van der Waals surface area contributed by atoms with Crippen molar-refractivity contribution in [3.05, 3.63) is 47.8 Å². The molecule has 7 nitrogen and oxygen atoms in total. The summed E-state index contributed by atoms with van der Waals surface area (Å²) in [6.07, 6.45) is 3.67. The van der Waals surface area contributed by atoms with Gasteiger partial charge in [-0.05, 0) is 43.4 Å². The Morgan fingerprint density at radius 1 is 1.11 bits per heavy atom. The number of amides is 1. The van der Waals surface area contributed by atoms with Gasteiger partial charge in [0.05, 0.1) is 6.10 Å². The Kier molecular flexibility index (Phi) is 7.06. The van der Waals surface area contributed by atoms with Crippen molar-refractivity contribution >= 4 is 5.91 Å². The van der Waals surface area contributed by atoms with Gasteiger partial charge in [0.25, 0.3) is 5.91 Å². The molecule has 0 aliphatic carbocycles. The Bertz CT molecular complexity index is 777. The van der Waals surface area contributed by atoms with Crippen LogP contribution in [-0.2, 0) is 13.5 Å². The molecule has 1 aromatic heterocycles. The molecule has 0 spiro atoms. The Labute approximate surface area is 165 Å². The quantitative estimate of drug-likeness (QED) is 0.779. The number of carbonyl (C=O) groups excluding carboxylic acids is 1. The molecule has 28 heavy (non-hydrogen) atoms. The number of benzene rings is 1. The van der Waals surface area contributed by atoms with Crippen LogP contribution >= 0.6 is 0 Å². The number of aromatic nitrogens is 2. The van der Waals surface area contributed by atoms with Crippen molar-refractivity contribution in [2.45, 2.75) is 44.3 Å². The van der Waals surface area contributed by atoms with E-state index in [9.17, 15) is 15.0 Å². The highest BCUT2D eigenvalue weighted by atomic mass is 16.5. The van der Waals surface area contributed by atoms with E-state index in [0.717, 1.165) is 37.0 Å². The van der Waals surface area contributed by atoms with E-state index in [0.29, 0.717) is 18.8 Å². The molecule has 1 aliphatic heterocycles. The van der Waals surface area contributed by atoms with Gasteiger partial charge >= 0.3 is 0 Å². The van der Waals surface area contributed by atoms with Gasteiger partial charge < -0.3 is 19.8 Å². The lowest BCUT2D eigenvalue weighted by Gasteiger charge is -2.26. The number of hydrogen-bond acceptors (Lipinski definition) is 5. The average molecular weight is 387 g/mol. The maximum atomic E-state index is 12.9. The van der Waals surface area contributed by atoms with E-state index in [4.69, 9.17) is 4.74 Å². The largest absolute Gasteiger partial charge is 0.491 e. The van der Waals surface area contributed by atoms with Crippen molar-refractivity contribution in [2.24, 2.45) is 7.05 Å². The minimum Gasteiger partial charge on any atom is -0.491 e. The lowest BCUT2D eigenvalue weighted by molar-refractivity contribution is -0.0153. The number of nitrogens with zero attached hydrogens (tertiary/aromatic N) is 3. The van der Waals surface area contributed by atoms with Crippen LogP contribution in [0.3, 0.4) is 0 Å². The predicted molar refractivity (Wildman–Crippen MR) is 105 cm³/mol. The van der Waals surface area contributed by atoms with Gasteiger partial charge in [0, 0.05) is 26.3 Å². The molecule has 0 fully saturated rings. The van der Waals surface area contributed by atoms with Gasteiger partial charge in [-0.1, -0.05) is 24.6 Å². The van der Waals surface area contributed by atoms with E-state index < -0.39 is 12.2 Å². The van der Waals surface area contributed by atoms with Crippen molar-refractivity contribution in [1.29, 1.82) is 0 Å². The van der Waals surface area contributed by atoms with Gasteiger partial charge in [0.1, 0.15) is 24.2 Å². The number of aryl methyl sites for hydroxylation is 2. The van der Waals surface area contributed by atoms with Crippen molar-refractivity contribution in [2.75, 3.05) is 19.7 Å². The maximum absolute atomic E-state index is 12.9. The van der Waals surface area contributed by atoms with Crippen LogP contribution in [-0.4, -0.2) is 62.7 Å². The lowest BCUT2D eigenvalue weighted by Crippen LogP contribution is -2.39. The van der Waals surface area contributed by atoms with Crippen LogP contribution in [0.4, 0.5) is 0 Å². The van der Waals surface area contributed by atoms with E-state index in [1.54, 1.807) is 28.9 Å². The number of carbonyl (C=O) groups is 1. The molecule has 1 aliphatic rings. The highest BCUT2D eigenvalue weighted by Gasteiger charge is 2.23. The molecule has 0 saturated heterocycles. The smallest absolute Gasteiger partial charge is 0.272 e. The zero-order valence-electron chi connectivity index (χ0n) is 16.3. The third kappa shape index (κ3) is 5.11. The zero-order valence-corrected chi connectivity index (χ0v) is 16.3. The van der Waals surface area contributed by atoms with Gasteiger partial charge in [-0.15, -0.1) is 0 Å². The Hall–Kier alpha value is -2.38. The minimum atomic E-state index is -1.01. The molecular weight excluding hydrogens is 358 g/mol. The summed E-state index contributed by atoms with van der Waals surface area (Å²) in [4.78, 5) is 14.6. The van der Waals surface area contributed by atoms with Crippen molar-refractivity contribution in [3.63, 3.8) is 0 Å². The molecule has 2 aromatic rings. The molecule has 152 valence electrons. The first kappa shape index (κ1) is 20.4. The van der Waals surface area contributed by atoms with Gasteiger partial charge in [-0.2, -0.15) is 5.10 Å². The summed E-state index contributed by atoms with van der Waals surface area (Å²) >= 11 is 0. The Morgan fingerprint density at radius 3 is 2.71 bits per heavy atom. The first-order valence-electron chi connectivity index (χ1n) is 9.90. The molecule has 1 amide bonds. The summed E-state index contributed by atoms with van der Waals surface area (Å²) in [7, 11) is 1.74. The Morgan fingerprint density at radius 2 is 1.93 bits per heavy atom. The second-order valence-corrected chi connectivity index (χ2v) is 7.29. The molecule has 1 aromatic carbocycles. The monoisotopic (exact) mass is 387 g/mol. The normalized spacial score (nSPS) is 22.0. The molecule has 0 bridgehead atoms. The second kappa shape index (κ2) is 9.71. The predicted octanol–water partition coefficient (Wildman–Crippen LogP) is 1.78. The minimum absolute atomic E-state index is 0.0217. The summed E-state index contributed by atoms with van der Waals surface area (Å²) in [5.74, 6) is 0.661. The second-order valence-electron chi connectivity index (χ2n) is 7.29. The number of para-hydroxylation sites is 1. The molecule has 0 saturated carbocycles. The van der Waals surface area contributed by atoms with E-state index >= 15 is 0 Å². The van der Waals surface area contributed by atoms with E-state index in [2.05, 4.69) is 5.10 Å². The van der Waals surface area contributed by atoms with Crippen LogP contribution in [0.2, 0.25) is 0 Å². The number of fused-ring (bicyclic) bond motifs is 1. The van der Waals surface area contributed by atoms with E-state index in [-0.39, 0.29) is 18.9 Å². The molecular formula is C21H29N3O4. The van der Waals surface area contributed by atoms with Crippen molar-refractivity contribution < 1.29 is 19.7 Å². The SMILES string of the molecule is Cn1nccc1C(=O)N1CCCCCc2ccccc2OC[C@@H](O)[C@@H](O)CC1. The van der Waals surface area contributed by atoms with Crippen molar-refractivity contribution in [1.82, 2.24) is 14.7 Å². The fourth-order valence-corrected chi connectivity index (χ4v) is 3.47. The number of hydrogen-bond donors (Lipinski definition) is 2. The summed E-state index contributed by atoms with van der Waals surface area (Å²) in [5, 5.41) is 24.7. The third-order valence-electron chi connectivity index (χ3n) is 5.22. The van der Waals surface area contributed by atoms with Gasteiger partial charge in [0.15, 0.2) is 0 Å². The van der Waals surface area contributed by atoms with Crippen LogP contribution in [0.5, 0.6) is 5.75 Å². The van der Waals surface area contributed by atoms with Gasteiger partial charge in [-0.3, -0.25) is 9.48 Å². The number of aliphatic hydroxyl groups is 2. The molecule has 0 unspecified atom stereocenters. The Balaban J connectivity index is 1.71. The average Bonchev–Trinajstić information content (AvgIpc) is 3.13. The first-order chi connectivity index (χ1) is 13.6. The standard InChI is InChI=1S/C21H29N3O4/c1-23-17(10-12-22-23)21(27)24-13-6-2-3-7-16-8-4-5-9-20(16)28-15-19(26)18(25)11-14-24/h4-5,8-10,12,18-19,25-26H,2-3,6-7,11,13-15H2,1H3/t18-,19+/m0/s1. The number of rotatable bonds is 1. The van der Waals surface area contributed by atoms with Crippen molar-refractivity contribution in [3.8, 4) is 5.75 Å². The van der Waals surface area contributed by atoms with Crippen LogP contribution < -0.4 is 4.74 Å². The number of aliphatic hydroxyl groups excluding tert-OH is 2. The van der Waals surface area contributed by atoms with E-state index in [1.165, 1.54) is 0 Å². The summed E-state index contributed by atoms with van der Waals surface area (Å²) < 4.78 is 7.32. The summed E-state index contributed by atoms with van der Waals surface area (Å²) in [5.41, 5.74) is 1.62. The lowest BCUT2D eigenvalue weighted by atomic mass is 10.0.